The van der Waals surface area contributed by atoms with Crippen molar-refractivity contribution in [1.82, 2.24) is 30.1 Å². The molecule has 3 aromatic heterocycles. The number of aromatic amines is 1. The van der Waals surface area contributed by atoms with Gasteiger partial charge < -0.3 is 9.40 Å². The summed E-state index contributed by atoms with van der Waals surface area (Å²) in [4.78, 5) is 18.3. The van der Waals surface area contributed by atoms with E-state index >= 15 is 0 Å². The number of aromatic nitrogens is 5. The second-order valence-electron chi connectivity index (χ2n) is 8.56. The number of fused-ring (bicyclic) bond motifs is 1. The van der Waals surface area contributed by atoms with Crippen LogP contribution in [-0.4, -0.2) is 30.1 Å². The second kappa shape index (κ2) is 9.44. The van der Waals surface area contributed by atoms with E-state index in [1.165, 1.54) is 0 Å². The minimum atomic E-state index is -0.0746. The van der Waals surface area contributed by atoms with Gasteiger partial charge in [0.2, 0.25) is 0 Å². The minimum absolute atomic E-state index is 0.0746. The first-order valence-electron chi connectivity index (χ1n) is 11.2. The molecule has 0 aliphatic carbocycles. The fraction of sp³-hybridized carbons (Fsp3) is 0.231. The Kier molecular flexibility index (Phi) is 6.05. The van der Waals surface area contributed by atoms with E-state index in [2.05, 4.69) is 56.6 Å². The molecule has 0 aliphatic heterocycles. The zero-order chi connectivity index (χ0) is 23.5. The summed E-state index contributed by atoms with van der Waals surface area (Å²) >= 11 is 0. The van der Waals surface area contributed by atoms with Crippen LogP contribution in [0, 0.1) is 13.8 Å². The molecule has 0 amide bonds. The molecule has 8 heteroatoms. The smallest absolute Gasteiger partial charge is 0.252 e. The van der Waals surface area contributed by atoms with Crippen LogP contribution in [0.15, 0.2) is 76.1 Å². The Labute approximate surface area is 196 Å². The van der Waals surface area contributed by atoms with Gasteiger partial charge in [-0.25, -0.2) is 4.68 Å². The van der Waals surface area contributed by atoms with Crippen LogP contribution in [-0.2, 0) is 26.2 Å². The molecule has 0 atom stereocenters. The van der Waals surface area contributed by atoms with Crippen molar-refractivity contribution in [1.29, 1.82) is 0 Å². The van der Waals surface area contributed by atoms with Gasteiger partial charge in [-0.05, 0) is 64.5 Å². The van der Waals surface area contributed by atoms with Crippen molar-refractivity contribution in [2.75, 3.05) is 0 Å². The molecule has 3 heterocycles. The van der Waals surface area contributed by atoms with Crippen LogP contribution in [0.25, 0.3) is 10.9 Å². The van der Waals surface area contributed by atoms with Crippen LogP contribution < -0.4 is 5.56 Å². The molecule has 1 N–H and O–H groups in total. The van der Waals surface area contributed by atoms with Gasteiger partial charge in [-0.1, -0.05) is 42.5 Å². The van der Waals surface area contributed by atoms with Crippen LogP contribution in [0.3, 0.4) is 0 Å². The second-order valence-corrected chi connectivity index (χ2v) is 8.56. The Morgan fingerprint density at radius 3 is 2.65 bits per heavy atom. The van der Waals surface area contributed by atoms with Gasteiger partial charge in [0.1, 0.15) is 12.3 Å². The summed E-state index contributed by atoms with van der Waals surface area (Å²) in [7, 11) is 0. The highest BCUT2D eigenvalue weighted by Crippen LogP contribution is 2.20. The number of tetrazole rings is 1. The zero-order valence-corrected chi connectivity index (χ0v) is 19.2. The van der Waals surface area contributed by atoms with Crippen molar-refractivity contribution < 1.29 is 4.42 Å². The van der Waals surface area contributed by atoms with Gasteiger partial charge in [-0.2, -0.15) is 0 Å². The summed E-state index contributed by atoms with van der Waals surface area (Å²) in [6.45, 7) is 6.12. The molecule has 0 unspecified atom stereocenters. The van der Waals surface area contributed by atoms with E-state index in [9.17, 15) is 4.79 Å². The summed E-state index contributed by atoms with van der Waals surface area (Å²) in [6.07, 6.45) is 1.64. The molecule has 0 radical (unpaired) electrons. The fourth-order valence-electron chi connectivity index (χ4n) is 4.15. The SMILES string of the molecule is Cc1ccc2cc(CN(Cc3ccccc3)Cc3nnnn3Cc3ccco3)c(=O)[nH]c2c1C. The van der Waals surface area contributed by atoms with Crippen molar-refractivity contribution in [3.05, 3.63) is 111 Å². The first-order chi connectivity index (χ1) is 16.6. The number of hydrogen-bond acceptors (Lipinski definition) is 6. The van der Waals surface area contributed by atoms with Crippen LogP contribution in [0.1, 0.15) is 33.8 Å². The van der Waals surface area contributed by atoms with E-state index in [1.807, 2.05) is 43.3 Å². The number of nitrogens with one attached hydrogen (secondary N) is 1. The highest BCUT2D eigenvalue weighted by molar-refractivity contribution is 5.83. The number of nitrogens with zero attached hydrogens (tertiary/aromatic N) is 5. The molecule has 0 saturated heterocycles. The van der Waals surface area contributed by atoms with E-state index in [0.717, 1.165) is 33.4 Å². The molecule has 34 heavy (non-hydrogen) atoms. The number of aryl methyl sites for hydroxylation is 2. The van der Waals surface area contributed by atoms with Crippen LogP contribution in [0.4, 0.5) is 0 Å². The van der Waals surface area contributed by atoms with E-state index in [4.69, 9.17) is 4.42 Å². The third kappa shape index (κ3) is 4.67. The van der Waals surface area contributed by atoms with E-state index in [1.54, 1.807) is 10.9 Å². The molecular formula is C26H26N6O2. The van der Waals surface area contributed by atoms with Gasteiger partial charge in [0.05, 0.1) is 18.3 Å². The van der Waals surface area contributed by atoms with Crippen molar-refractivity contribution >= 4 is 10.9 Å². The predicted octanol–water partition coefficient (Wildman–Crippen LogP) is 3.98. The lowest BCUT2D eigenvalue weighted by Crippen LogP contribution is -2.28. The Bertz CT molecular complexity index is 1450. The Hall–Kier alpha value is -4.04. The third-order valence-electron chi connectivity index (χ3n) is 6.13. The zero-order valence-electron chi connectivity index (χ0n) is 19.2. The number of pyridine rings is 1. The summed E-state index contributed by atoms with van der Waals surface area (Å²) in [5, 5.41) is 13.3. The molecule has 8 nitrogen and oxygen atoms in total. The molecular weight excluding hydrogens is 428 g/mol. The maximum Gasteiger partial charge on any atom is 0.252 e. The number of rotatable bonds is 8. The van der Waals surface area contributed by atoms with Gasteiger partial charge in [0.15, 0.2) is 5.82 Å². The van der Waals surface area contributed by atoms with E-state index < -0.39 is 0 Å². The summed E-state index contributed by atoms with van der Waals surface area (Å²) < 4.78 is 7.19. The average Bonchev–Trinajstić information content (AvgIpc) is 3.51. The third-order valence-corrected chi connectivity index (χ3v) is 6.13. The highest BCUT2D eigenvalue weighted by atomic mass is 16.3. The van der Waals surface area contributed by atoms with Gasteiger partial charge in [0, 0.05) is 18.7 Å². The van der Waals surface area contributed by atoms with Gasteiger partial charge in [-0.3, -0.25) is 9.69 Å². The van der Waals surface area contributed by atoms with Crippen molar-refractivity contribution in [2.24, 2.45) is 0 Å². The lowest BCUT2D eigenvalue weighted by atomic mass is 10.0. The molecule has 2 aromatic carbocycles. The molecule has 0 bridgehead atoms. The maximum absolute atomic E-state index is 13.0. The van der Waals surface area contributed by atoms with Crippen molar-refractivity contribution in [3.8, 4) is 0 Å². The highest BCUT2D eigenvalue weighted by Gasteiger charge is 2.17. The summed E-state index contributed by atoms with van der Waals surface area (Å²) in [5.41, 5.74) is 4.93. The summed E-state index contributed by atoms with van der Waals surface area (Å²) in [6, 6.07) is 20.1. The van der Waals surface area contributed by atoms with Crippen molar-refractivity contribution in [2.45, 2.75) is 40.0 Å². The lowest BCUT2D eigenvalue weighted by molar-refractivity contribution is 0.235. The van der Waals surface area contributed by atoms with Crippen LogP contribution in [0.2, 0.25) is 0 Å². The standard InChI is InChI=1S/C26H26N6O2/c1-18-10-11-21-13-22(26(33)27-25(21)19(18)2)15-31(14-20-7-4-3-5-8-20)17-24-28-29-30-32(24)16-23-9-6-12-34-23/h3-13H,14-17H2,1-2H3,(H,27,33). The van der Waals surface area contributed by atoms with Gasteiger partial charge in [0.25, 0.3) is 5.56 Å². The predicted molar refractivity (Wildman–Crippen MR) is 129 cm³/mol. The number of hydrogen-bond donors (Lipinski definition) is 1. The largest absolute Gasteiger partial charge is 0.467 e. The minimum Gasteiger partial charge on any atom is -0.467 e. The van der Waals surface area contributed by atoms with Crippen LogP contribution >= 0.6 is 0 Å². The quantitative estimate of drug-likeness (QED) is 0.381. The Balaban J connectivity index is 1.45. The molecule has 0 aliphatic rings. The Morgan fingerprint density at radius 2 is 1.85 bits per heavy atom. The molecule has 0 spiro atoms. The molecule has 0 fully saturated rings. The fourth-order valence-corrected chi connectivity index (χ4v) is 4.15. The molecule has 5 rings (SSSR count). The van der Waals surface area contributed by atoms with E-state index in [-0.39, 0.29) is 5.56 Å². The number of benzene rings is 2. The van der Waals surface area contributed by atoms with Crippen LogP contribution in [0.5, 0.6) is 0 Å². The maximum atomic E-state index is 13.0. The number of furan rings is 1. The first kappa shape index (κ1) is 21.8. The molecule has 5 aromatic rings. The number of H-pyrrole nitrogens is 1. The molecule has 172 valence electrons. The first-order valence-corrected chi connectivity index (χ1v) is 11.2. The summed E-state index contributed by atoms with van der Waals surface area (Å²) in [5.74, 6) is 1.48. The van der Waals surface area contributed by atoms with Gasteiger partial charge >= 0.3 is 0 Å². The Morgan fingerprint density at radius 1 is 1.00 bits per heavy atom. The molecule has 0 saturated carbocycles. The topological polar surface area (TPSA) is 92.8 Å². The monoisotopic (exact) mass is 454 g/mol. The van der Waals surface area contributed by atoms with Crippen molar-refractivity contribution in [3.63, 3.8) is 0 Å². The lowest BCUT2D eigenvalue weighted by Gasteiger charge is -2.22. The van der Waals surface area contributed by atoms with Gasteiger partial charge in [-0.15, -0.1) is 5.10 Å². The van der Waals surface area contributed by atoms with E-state index in [0.29, 0.717) is 37.6 Å². The normalized spacial score (nSPS) is 11.5. The average molecular weight is 455 g/mol.